The van der Waals surface area contributed by atoms with Crippen LogP contribution in [0.4, 0.5) is 0 Å². The Morgan fingerprint density at radius 1 is 1.08 bits per heavy atom. The van der Waals surface area contributed by atoms with E-state index in [-0.39, 0.29) is 22.9 Å². The molecule has 0 bridgehead atoms. The van der Waals surface area contributed by atoms with Gasteiger partial charge in [0.2, 0.25) is 0 Å². The molecule has 26 heavy (non-hydrogen) atoms. The average Bonchev–Trinajstić information content (AvgIpc) is 2.62. The molecule has 0 aliphatic heterocycles. The van der Waals surface area contributed by atoms with E-state index in [1.807, 2.05) is 30.3 Å². The predicted octanol–water partition coefficient (Wildman–Crippen LogP) is 4.00. The van der Waals surface area contributed by atoms with Crippen molar-refractivity contribution in [3.63, 3.8) is 0 Å². The maximum Gasteiger partial charge on any atom is 0.336 e. The molecule has 2 rings (SSSR count). The molecule has 0 N–H and O–H groups in total. The van der Waals surface area contributed by atoms with Crippen LogP contribution in [0.1, 0.15) is 25.3 Å². The van der Waals surface area contributed by atoms with E-state index in [1.165, 1.54) is 18.2 Å². The van der Waals surface area contributed by atoms with Gasteiger partial charge >= 0.3 is 5.97 Å². The maximum absolute atomic E-state index is 12.5. The molecule has 0 heterocycles. The summed E-state index contributed by atoms with van der Waals surface area (Å²) in [6, 6.07) is 15.7. The topological polar surface area (TPSA) is 69.7 Å². The summed E-state index contributed by atoms with van der Waals surface area (Å²) >= 11 is 5.94. The minimum absolute atomic E-state index is 0.0411. The second-order valence-electron chi connectivity index (χ2n) is 5.60. The first kappa shape index (κ1) is 20.4. The summed E-state index contributed by atoms with van der Waals surface area (Å²) < 4.78 is 35.1. The minimum atomic E-state index is -4.18. The van der Waals surface area contributed by atoms with Crippen LogP contribution in [0.15, 0.2) is 59.5 Å². The number of carbonyl (C=O) groups excluding carboxylic acids is 1. The first-order valence-electron chi connectivity index (χ1n) is 8.32. The molecule has 0 aromatic heterocycles. The Morgan fingerprint density at radius 2 is 1.73 bits per heavy atom. The lowest BCUT2D eigenvalue weighted by Crippen LogP contribution is -2.29. The molecule has 0 amide bonds. The molecule has 2 aromatic rings. The van der Waals surface area contributed by atoms with E-state index in [9.17, 15) is 13.2 Å². The molecule has 0 unspecified atom stereocenters. The first-order chi connectivity index (χ1) is 12.4. The van der Waals surface area contributed by atoms with Crippen LogP contribution >= 0.6 is 11.6 Å². The second kappa shape index (κ2) is 9.71. The standard InChI is InChI=1S/C19H21ClO5S/c1-2-24-19(21)17(13-8-11-15-9-4-3-5-10-15)25-26(22,23)18-14-7-6-12-16(18)20/h3-7,9-10,12,14,17H,2,8,11,13H2,1H3/t17-/m1/s1. The van der Waals surface area contributed by atoms with Crippen molar-refractivity contribution in [1.29, 1.82) is 0 Å². The molecular formula is C19H21ClO5S. The zero-order chi connectivity index (χ0) is 19.0. The van der Waals surface area contributed by atoms with E-state index in [0.29, 0.717) is 12.8 Å². The van der Waals surface area contributed by atoms with Crippen LogP contribution in [0.2, 0.25) is 5.02 Å². The number of hydrogen-bond donors (Lipinski definition) is 0. The normalized spacial score (nSPS) is 12.5. The monoisotopic (exact) mass is 396 g/mol. The zero-order valence-electron chi connectivity index (χ0n) is 14.4. The molecular weight excluding hydrogens is 376 g/mol. The molecule has 1 atom stereocenters. The van der Waals surface area contributed by atoms with Gasteiger partial charge in [-0.15, -0.1) is 0 Å². The highest BCUT2D eigenvalue weighted by atomic mass is 35.5. The Morgan fingerprint density at radius 3 is 2.38 bits per heavy atom. The Balaban J connectivity index is 2.09. The van der Waals surface area contributed by atoms with Crippen LogP contribution in [0, 0.1) is 0 Å². The highest BCUT2D eigenvalue weighted by Crippen LogP contribution is 2.24. The summed E-state index contributed by atoms with van der Waals surface area (Å²) in [5.74, 6) is -0.698. The van der Waals surface area contributed by atoms with Crippen molar-refractivity contribution >= 4 is 27.7 Å². The predicted molar refractivity (Wildman–Crippen MR) is 99.5 cm³/mol. The van der Waals surface area contributed by atoms with Crippen molar-refractivity contribution in [2.24, 2.45) is 0 Å². The van der Waals surface area contributed by atoms with Crippen molar-refractivity contribution in [2.75, 3.05) is 6.61 Å². The average molecular weight is 397 g/mol. The molecule has 0 radical (unpaired) electrons. The van der Waals surface area contributed by atoms with Gasteiger partial charge in [-0.1, -0.05) is 54.1 Å². The van der Waals surface area contributed by atoms with Gasteiger partial charge in [-0.2, -0.15) is 8.42 Å². The summed E-state index contributed by atoms with van der Waals surface area (Å²) in [7, 11) is -4.18. The smallest absolute Gasteiger partial charge is 0.336 e. The van der Waals surface area contributed by atoms with Gasteiger partial charge in [0, 0.05) is 0 Å². The minimum Gasteiger partial charge on any atom is -0.464 e. The van der Waals surface area contributed by atoms with Gasteiger partial charge in [0.15, 0.2) is 6.10 Å². The molecule has 140 valence electrons. The number of benzene rings is 2. The largest absolute Gasteiger partial charge is 0.464 e. The Hall–Kier alpha value is -1.89. The first-order valence-corrected chi connectivity index (χ1v) is 10.1. The van der Waals surface area contributed by atoms with Crippen molar-refractivity contribution in [2.45, 2.75) is 37.2 Å². The molecule has 0 spiro atoms. The number of rotatable bonds is 9. The molecule has 0 aliphatic carbocycles. The van der Waals surface area contributed by atoms with Crippen LogP contribution in [0.25, 0.3) is 0 Å². The molecule has 0 saturated heterocycles. The van der Waals surface area contributed by atoms with Crippen LogP contribution in [-0.4, -0.2) is 27.1 Å². The number of halogens is 1. The number of carbonyl (C=O) groups is 1. The lowest BCUT2D eigenvalue weighted by molar-refractivity contribution is -0.151. The fraction of sp³-hybridized carbons (Fsp3) is 0.316. The number of esters is 1. The fourth-order valence-corrected chi connectivity index (χ4v) is 3.98. The lowest BCUT2D eigenvalue weighted by atomic mass is 10.1. The summed E-state index contributed by atoms with van der Waals surface area (Å²) in [5, 5.41) is 0.0411. The van der Waals surface area contributed by atoms with Crippen molar-refractivity contribution in [3.8, 4) is 0 Å². The number of aryl methyl sites for hydroxylation is 1. The summed E-state index contributed by atoms with van der Waals surface area (Å²) in [6.45, 7) is 1.80. The molecule has 0 aliphatic rings. The van der Waals surface area contributed by atoms with Gasteiger partial charge in [0.1, 0.15) is 4.90 Å². The summed E-state index contributed by atoms with van der Waals surface area (Å²) in [6.07, 6.45) is 0.287. The zero-order valence-corrected chi connectivity index (χ0v) is 16.0. The molecule has 0 saturated carbocycles. The number of ether oxygens (including phenoxy) is 1. The third-order valence-corrected chi connectivity index (χ3v) is 5.49. The second-order valence-corrected chi connectivity index (χ2v) is 7.55. The van der Waals surface area contributed by atoms with Crippen LogP contribution in [0.5, 0.6) is 0 Å². The van der Waals surface area contributed by atoms with Crippen LogP contribution in [0.3, 0.4) is 0 Å². The van der Waals surface area contributed by atoms with Gasteiger partial charge in [-0.3, -0.25) is 4.18 Å². The lowest BCUT2D eigenvalue weighted by Gasteiger charge is -2.16. The van der Waals surface area contributed by atoms with E-state index in [4.69, 9.17) is 20.5 Å². The highest BCUT2D eigenvalue weighted by Gasteiger charge is 2.29. The fourth-order valence-electron chi connectivity index (χ4n) is 2.43. The van der Waals surface area contributed by atoms with Gasteiger partial charge in [-0.25, -0.2) is 4.79 Å². The summed E-state index contributed by atoms with van der Waals surface area (Å²) in [5.41, 5.74) is 1.10. The van der Waals surface area contributed by atoms with Gasteiger partial charge in [0.25, 0.3) is 10.1 Å². The Labute approximate surface area is 159 Å². The SMILES string of the molecule is CCOC(=O)[C@@H](CCCc1ccccc1)OS(=O)(=O)c1ccccc1Cl. The number of hydrogen-bond acceptors (Lipinski definition) is 5. The van der Waals surface area contributed by atoms with E-state index in [0.717, 1.165) is 5.56 Å². The molecule has 0 fully saturated rings. The van der Waals surface area contributed by atoms with E-state index in [2.05, 4.69) is 0 Å². The van der Waals surface area contributed by atoms with E-state index >= 15 is 0 Å². The van der Waals surface area contributed by atoms with E-state index in [1.54, 1.807) is 13.0 Å². The molecule has 7 heteroatoms. The van der Waals surface area contributed by atoms with Crippen molar-refractivity contribution < 1.29 is 22.1 Å². The van der Waals surface area contributed by atoms with E-state index < -0.39 is 22.2 Å². The van der Waals surface area contributed by atoms with Gasteiger partial charge < -0.3 is 4.74 Å². The van der Waals surface area contributed by atoms with Crippen molar-refractivity contribution in [1.82, 2.24) is 0 Å². The van der Waals surface area contributed by atoms with Crippen molar-refractivity contribution in [3.05, 3.63) is 65.2 Å². The Kier molecular flexibility index (Phi) is 7.63. The third kappa shape index (κ3) is 5.83. The van der Waals surface area contributed by atoms with Crippen LogP contribution < -0.4 is 0 Å². The molecule has 5 nitrogen and oxygen atoms in total. The summed E-state index contributed by atoms with van der Waals surface area (Å²) in [4.78, 5) is 12.0. The Bertz CT molecular complexity index is 821. The van der Waals surface area contributed by atoms with Crippen LogP contribution in [-0.2, 0) is 30.3 Å². The molecule has 2 aromatic carbocycles. The van der Waals surface area contributed by atoms with Gasteiger partial charge in [-0.05, 0) is 43.9 Å². The quantitative estimate of drug-likeness (QED) is 0.473. The highest BCUT2D eigenvalue weighted by molar-refractivity contribution is 7.87. The third-order valence-electron chi connectivity index (χ3n) is 3.67. The van der Waals surface area contributed by atoms with Gasteiger partial charge in [0.05, 0.1) is 11.6 Å². The maximum atomic E-state index is 12.5.